The van der Waals surface area contributed by atoms with Crippen LogP contribution in [0.25, 0.3) is 0 Å². The van der Waals surface area contributed by atoms with E-state index in [0.29, 0.717) is 36.5 Å². The summed E-state index contributed by atoms with van der Waals surface area (Å²) in [5.74, 6) is 0.291. The fourth-order valence-corrected chi connectivity index (χ4v) is 2.43. The minimum Gasteiger partial charge on any atom is -0.379 e. The molecular formula is C12H15N3O4S. The van der Waals surface area contributed by atoms with Crippen molar-refractivity contribution in [2.75, 3.05) is 29.2 Å². The van der Waals surface area contributed by atoms with Gasteiger partial charge in [-0.15, -0.1) is 0 Å². The number of rotatable bonds is 5. The molecule has 20 heavy (non-hydrogen) atoms. The lowest BCUT2D eigenvalue weighted by Gasteiger charge is -2.18. The first-order valence-corrected chi connectivity index (χ1v) is 7.85. The first-order chi connectivity index (χ1) is 9.47. The number of amides is 1. The Bertz CT molecular complexity index is 588. The van der Waals surface area contributed by atoms with E-state index in [4.69, 9.17) is 0 Å². The summed E-state index contributed by atoms with van der Waals surface area (Å²) in [5, 5.41) is 16.7. The van der Waals surface area contributed by atoms with Gasteiger partial charge < -0.3 is 10.6 Å². The summed E-state index contributed by atoms with van der Waals surface area (Å²) < 4.78 is 11.0. The summed E-state index contributed by atoms with van der Waals surface area (Å²) in [6.45, 7) is 0.398. The summed E-state index contributed by atoms with van der Waals surface area (Å²) in [4.78, 5) is 21.9. The zero-order valence-corrected chi connectivity index (χ0v) is 11.8. The molecule has 1 atom stereocenters. The molecule has 0 aliphatic carbocycles. The van der Waals surface area contributed by atoms with Crippen LogP contribution in [0.1, 0.15) is 12.0 Å². The highest BCUT2D eigenvalue weighted by atomic mass is 32.2. The Morgan fingerprint density at radius 1 is 1.45 bits per heavy atom. The third kappa shape index (κ3) is 3.32. The van der Waals surface area contributed by atoms with Crippen molar-refractivity contribution in [2.45, 2.75) is 12.8 Å². The second-order valence-electron chi connectivity index (χ2n) is 4.54. The molecule has 1 aliphatic heterocycles. The average Bonchev–Trinajstić information content (AvgIpc) is 2.37. The Hall–Kier alpha value is -1.96. The highest BCUT2D eigenvalue weighted by Gasteiger charge is 2.22. The van der Waals surface area contributed by atoms with Crippen molar-refractivity contribution in [3.05, 3.63) is 27.8 Å². The maximum atomic E-state index is 11.3. The fourth-order valence-electron chi connectivity index (χ4n) is 2.04. The fraction of sp³-hybridized carbons (Fsp3) is 0.417. The van der Waals surface area contributed by atoms with Crippen LogP contribution in [0.4, 0.5) is 17.1 Å². The number of nitrogens with zero attached hydrogens (tertiary/aromatic N) is 1. The van der Waals surface area contributed by atoms with Crippen LogP contribution < -0.4 is 10.6 Å². The predicted octanol–water partition coefficient (Wildman–Crippen LogP) is 1.27. The SMILES string of the molecule is CS(=O)CCNc1cc2c(cc1[N+](=O)[O-])NC(=O)CC2. The van der Waals surface area contributed by atoms with Gasteiger partial charge in [0.25, 0.3) is 5.69 Å². The van der Waals surface area contributed by atoms with Crippen molar-refractivity contribution in [2.24, 2.45) is 0 Å². The number of benzene rings is 1. The molecule has 2 N–H and O–H groups in total. The van der Waals surface area contributed by atoms with Crippen LogP contribution in [0.3, 0.4) is 0 Å². The Balaban J connectivity index is 2.27. The Labute approximate surface area is 118 Å². The van der Waals surface area contributed by atoms with E-state index in [1.807, 2.05) is 0 Å². The summed E-state index contributed by atoms with van der Waals surface area (Å²) in [7, 11) is -0.953. The zero-order valence-electron chi connectivity index (χ0n) is 11.0. The van der Waals surface area contributed by atoms with Crippen LogP contribution in [-0.2, 0) is 22.0 Å². The van der Waals surface area contributed by atoms with Crippen molar-refractivity contribution in [1.82, 2.24) is 0 Å². The lowest BCUT2D eigenvalue weighted by Crippen LogP contribution is -2.20. The number of hydrogen-bond donors (Lipinski definition) is 2. The zero-order chi connectivity index (χ0) is 14.7. The van der Waals surface area contributed by atoms with Gasteiger partial charge in [-0.05, 0) is 18.1 Å². The first kappa shape index (κ1) is 14.4. The molecule has 7 nitrogen and oxygen atoms in total. The van der Waals surface area contributed by atoms with Gasteiger partial charge in [-0.1, -0.05) is 0 Å². The molecule has 1 aromatic carbocycles. The van der Waals surface area contributed by atoms with E-state index >= 15 is 0 Å². The number of nitro benzene ring substituents is 1. The lowest BCUT2D eigenvalue weighted by atomic mass is 10.0. The van der Waals surface area contributed by atoms with Crippen LogP contribution >= 0.6 is 0 Å². The number of carbonyl (C=O) groups excluding carboxylic acids is 1. The first-order valence-electron chi connectivity index (χ1n) is 6.12. The molecule has 1 aromatic rings. The van der Waals surface area contributed by atoms with Gasteiger partial charge in [0.05, 0.1) is 10.6 Å². The van der Waals surface area contributed by atoms with Crippen LogP contribution in [0.5, 0.6) is 0 Å². The van der Waals surface area contributed by atoms with E-state index in [-0.39, 0.29) is 11.6 Å². The smallest absolute Gasteiger partial charge is 0.294 e. The van der Waals surface area contributed by atoms with E-state index in [1.165, 1.54) is 6.07 Å². The molecular weight excluding hydrogens is 282 g/mol. The molecule has 0 saturated heterocycles. The topological polar surface area (TPSA) is 101 Å². The second-order valence-corrected chi connectivity index (χ2v) is 6.09. The molecule has 0 bridgehead atoms. The third-order valence-electron chi connectivity index (χ3n) is 3.02. The monoisotopic (exact) mass is 297 g/mol. The molecule has 8 heteroatoms. The number of fused-ring (bicyclic) bond motifs is 1. The maximum Gasteiger partial charge on any atom is 0.294 e. The van der Waals surface area contributed by atoms with Gasteiger partial charge in [0.1, 0.15) is 5.69 Å². The minimum atomic E-state index is -0.953. The van der Waals surface area contributed by atoms with Crippen molar-refractivity contribution >= 4 is 33.8 Å². The average molecular weight is 297 g/mol. The van der Waals surface area contributed by atoms with E-state index in [0.717, 1.165) is 5.56 Å². The van der Waals surface area contributed by atoms with Gasteiger partial charge >= 0.3 is 0 Å². The molecule has 0 fully saturated rings. The molecule has 0 radical (unpaired) electrons. The standard InChI is InChI=1S/C12H15N3O4S/c1-20(19)5-4-13-10-6-8-2-3-12(16)14-9(8)7-11(10)15(17)18/h6-7,13H,2-5H2,1H3,(H,14,16). The van der Waals surface area contributed by atoms with Gasteiger partial charge in [-0.3, -0.25) is 19.1 Å². The molecule has 2 rings (SSSR count). The maximum absolute atomic E-state index is 11.3. The summed E-state index contributed by atoms with van der Waals surface area (Å²) in [6.07, 6.45) is 2.52. The summed E-state index contributed by atoms with van der Waals surface area (Å²) in [6, 6.07) is 3.06. The van der Waals surface area contributed by atoms with Crippen molar-refractivity contribution in [3.63, 3.8) is 0 Å². The number of nitro groups is 1. The van der Waals surface area contributed by atoms with E-state index in [2.05, 4.69) is 10.6 Å². The second kappa shape index (κ2) is 6.00. The molecule has 0 saturated carbocycles. The van der Waals surface area contributed by atoms with Crippen LogP contribution in [0.15, 0.2) is 12.1 Å². The Morgan fingerprint density at radius 2 is 2.20 bits per heavy atom. The van der Waals surface area contributed by atoms with Gasteiger partial charge in [0.2, 0.25) is 5.91 Å². The van der Waals surface area contributed by atoms with E-state index < -0.39 is 15.7 Å². The van der Waals surface area contributed by atoms with Crippen LogP contribution in [0, 0.1) is 10.1 Å². The minimum absolute atomic E-state index is 0.0900. The third-order valence-corrected chi connectivity index (χ3v) is 3.80. The van der Waals surface area contributed by atoms with E-state index in [9.17, 15) is 19.1 Å². The molecule has 0 spiro atoms. The summed E-state index contributed by atoms with van der Waals surface area (Å²) in [5.41, 5.74) is 1.68. The predicted molar refractivity (Wildman–Crippen MR) is 77.5 cm³/mol. The molecule has 0 aromatic heterocycles. The molecule has 1 amide bonds. The highest BCUT2D eigenvalue weighted by molar-refractivity contribution is 7.84. The molecule has 1 heterocycles. The number of aryl methyl sites for hydroxylation is 1. The van der Waals surface area contributed by atoms with Crippen molar-refractivity contribution in [3.8, 4) is 0 Å². The number of hydrogen-bond acceptors (Lipinski definition) is 5. The van der Waals surface area contributed by atoms with Gasteiger partial charge in [0, 0.05) is 41.8 Å². The van der Waals surface area contributed by atoms with Crippen LogP contribution in [0.2, 0.25) is 0 Å². The Morgan fingerprint density at radius 3 is 2.85 bits per heavy atom. The van der Waals surface area contributed by atoms with Gasteiger partial charge in [-0.2, -0.15) is 0 Å². The van der Waals surface area contributed by atoms with Gasteiger partial charge in [0.15, 0.2) is 0 Å². The highest BCUT2D eigenvalue weighted by Crippen LogP contribution is 2.33. The molecule has 1 unspecified atom stereocenters. The van der Waals surface area contributed by atoms with Crippen molar-refractivity contribution in [1.29, 1.82) is 0 Å². The normalized spacial score (nSPS) is 15.2. The van der Waals surface area contributed by atoms with Gasteiger partial charge in [-0.25, -0.2) is 0 Å². The molecule has 1 aliphatic rings. The number of anilines is 2. The Kier molecular flexibility index (Phi) is 4.33. The lowest BCUT2D eigenvalue weighted by molar-refractivity contribution is -0.383. The largest absolute Gasteiger partial charge is 0.379 e. The molecule has 108 valence electrons. The quantitative estimate of drug-likeness (QED) is 0.629. The number of nitrogens with one attached hydrogen (secondary N) is 2. The van der Waals surface area contributed by atoms with Crippen molar-refractivity contribution < 1.29 is 13.9 Å². The summed E-state index contributed by atoms with van der Waals surface area (Å²) >= 11 is 0. The number of carbonyl (C=O) groups is 1. The van der Waals surface area contributed by atoms with E-state index in [1.54, 1.807) is 12.3 Å². The van der Waals surface area contributed by atoms with Crippen LogP contribution in [-0.4, -0.2) is 33.6 Å².